The van der Waals surface area contributed by atoms with Crippen LogP contribution >= 0.6 is 0 Å². The van der Waals surface area contributed by atoms with Gasteiger partial charge in [-0.2, -0.15) is 13.2 Å². The zero-order chi connectivity index (χ0) is 15.1. The Morgan fingerprint density at radius 3 is 2.40 bits per heavy atom. The highest BCUT2D eigenvalue weighted by Crippen LogP contribution is 2.34. The molecule has 106 valence electrons. The molecule has 8 heteroatoms. The van der Waals surface area contributed by atoms with Gasteiger partial charge in [0.2, 0.25) is 0 Å². The number of benzene rings is 1. The lowest BCUT2D eigenvalue weighted by Crippen LogP contribution is -2.32. The number of nitrogens with one attached hydrogen (secondary N) is 1. The Balaban J connectivity index is 2.91. The Hall–Kier alpha value is -2.38. The van der Waals surface area contributed by atoms with E-state index in [4.69, 9.17) is 0 Å². The second-order valence-corrected chi connectivity index (χ2v) is 4.05. The lowest BCUT2D eigenvalue weighted by atomic mass is 10.1. The van der Waals surface area contributed by atoms with E-state index < -0.39 is 34.5 Å². The van der Waals surface area contributed by atoms with Gasteiger partial charge in [-0.3, -0.25) is 14.3 Å². The second kappa shape index (κ2) is 4.62. The zero-order valence-corrected chi connectivity index (χ0v) is 10.1. The van der Waals surface area contributed by atoms with Gasteiger partial charge in [0, 0.05) is 11.8 Å². The zero-order valence-electron chi connectivity index (χ0n) is 10.1. The Morgan fingerprint density at radius 2 is 1.85 bits per heavy atom. The molecule has 0 saturated carbocycles. The predicted molar refractivity (Wildman–Crippen MR) is 62.4 cm³/mol. The highest BCUT2D eigenvalue weighted by Gasteiger charge is 2.35. The number of aryl methyl sites for hydroxylation is 1. The summed E-state index contributed by atoms with van der Waals surface area (Å²) >= 11 is 0. The molecule has 1 aromatic heterocycles. The molecule has 0 radical (unpaired) electrons. The van der Waals surface area contributed by atoms with Crippen molar-refractivity contribution in [1.29, 1.82) is 0 Å². The lowest BCUT2D eigenvalue weighted by molar-refractivity contribution is -0.137. The molecule has 1 aromatic carbocycles. The van der Waals surface area contributed by atoms with Crippen molar-refractivity contribution in [1.82, 2.24) is 9.55 Å². The van der Waals surface area contributed by atoms with Crippen LogP contribution in [0.2, 0.25) is 0 Å². The molecule has 0 atom stereocenters. The Labute approximate surface area is 109 Å². The Kier molecular flexibility index (Phi) is 3.24. The normalized spacial score (nSPS) is 11.7. The summed E-state index contributed by atoms with van der Waals surface area (Å²) in [6, 6.07) is 3.28. The summed E-state index contributed by atoms with van der Waals surface area (Å²) in [7, 11) is 0. The van der Waals surface area contributed by atoms with E-state index in [9.17, 15) is 27.2 Å². The Bertz CT molecular complexity index is 774. The minimum atomic E-state index is -4.83. The number of hydrogen-bond acceptors (Lipinski definition) is 2. The molecule has 0 spiro atoms. The van der Waals surface area contributed by atoms with Crippen LogP contribution in [0.5, 0.6) is 0 Å². The third-order valence-corrected chi connectivity index (χ3v) is 2.64. The van der Waals surface area contributed by atoms with Gasteiger partial charge in [0.1, 0.15) is 5.82 Å². The van der Waals surface area contributed by atoms with Crippen LogP contribution in [0.15, 0.2) is 33.9 Å². The molecule has 0 amide bonds. The van der Waals surface area contributed by atoms with E-state index in [-0.39, 0.29) is 5.69 Å². The maximum atomic E-state index is 13.8. The third-order valence-electron chi connectivity index (χ3n) is 2.64. The number of H-pyrrole nitrogens is 1. The van der Waals surface area contributed by atoms with E-state index in [1.54, 1.807) is 4.98 Å². The first kappa shape index (κ1) is 14.0. The summed E-state index contributed by atoms with van der Waals surface area (Å²) < 4.78 is 53.0. The number of halogens is 4. The van der Waals surface area contributed by atoms with Crippen molar-refractivity contribution in [2.45, 2.75) is 13.1 Å². The van der Waals surface area contributed by atoms with Gasteiger partial charge < -0.3 is 0 Å². The van der Waals surface area contributed by atoms with Crippen molar-refractivity contribution in [3.8, 4) is 5.69 Å². The van der Waals surface area contributed by atoms with Crippen molar-refractivity contribution in [2.75, 3.05) is 0 Å². The molecule has 1 N–H and O–H groups in total. The highest BCUT2D eigenvalue weighted by molar-refractivity contribution is 5.45. The summed E-state index contributed by atoms with van der Waals surface area (Å²) in [5.74, 6) is -1.21. The highest BCUT2D eigenvalue weighted by atomic mass is 19.4. The molecular weight excluding hydrogens is 280 g/mol. The first-order valence-electron chi connectivity index (χ1n) is 5.41. The van der Waals surface area contributed by atoms with Gasteiger partial charge in [-0.15, -0.1) is 0 Å². The van der Waals surface area contributed by atoms with Crippen LogP contribution in [0.3, 0.4) is 0 Å². The molecular formula is C12H8F4N2O2. The molecule has 4 nitrogen and oxygen atoms in total. The van der Waals surface area contributed by atoms with E-state index in [0.29, 0.717) is 10.6 Å². The second-order valence-electron chi connectivity index (χ2n) is 4.05. The molecule has 0 aliphatic heterocycles. The molecule has 0 aliphatic rings. The lowest BCUT2D eigenvalue weighted by Gasteiger charge is -2.16. The standard InChI is InChI=1S/C12H8F4N2O2/c1-6-5-9(19)17-11(20)18(6)10-7(12(14,15)16)3-2-4-8(10)13/h2-5H,1H3,(H,17,19,20). The molecule has 2 rings (SSSR count). The maximum absolute atomic E-state index is 13.8. The van der Waals surface area contributed by atoms with Crippen LogP contribution in [0.1, 0.15) is 11.3 Å². The van der Waals surface area contributed by atoms with Crippen LogP contribution in [0.4, 0.5) is 17.6 Å². The number of hydrogen-bond donors (Lipinski definition) is 1. The predicted octanol–water partition coefficient (Wildman–Crippen LogP) is 1.99. The fourth-order valence-electron chi connectivity index (χ4n) is 1.86. The summed E-state index contributed by atoms with van der Waals surface area (Å²) in [6.45, 7) is 1.24. The molecule has 1 heterocycles. The van der Waals surface area contributed by atoms with E-state index in [0.717, 1.165) is 18.2 Å². The maximum Gasteiger partial charge on any atom is 0.418 e. The average Bonchev–Trinajstić information content (AvgIpc) is 2.28. The van der Waals surface area contributed by atoms with E-state index >= 15 is 0 Å². The van der Waals surface area contributed by atoms with Crippen molar-refractivity contribution < 1.29 is 17.6 Å². The van der Waals surface area contributed by atoms with Gasteiger partial charge in [0.25, 0.3) is 5.56 Å². The SMILES string of the molecule is Cc1cc(=O)[nH]c(=O)n1-c1c(F)cccc1C(F)(F)F. The number of alkyl halides is 3. The van der Waals surface area contributed by atoms with Crippen LogP contribution in [0.25, 0.3) is 5.69 Å². The van der Waals surface area contributed by atoms with Gasteiger partial charge in [-0.1, -0.05) is 6.07 Å². The summed E-state index contributed by atoms with van der Waals surface area (Å²) in [5, 5.41) is 0. The van der Waals surface area contributed by atoms with Gasteiger partial charge in [-0.25, -0.2) is 9.18 Å². The fraction of sp³-hybridized carbons (Fsp3) is 0.167. The van der Waals surface area contributed by atoms with Crippen LogP contribution in [-0.2, 0) is 6.18 Å². The molecule has 0 bridgehead atoms. The molecule has 0 unspecified atom stereocenters. The largest absolute Gasteiger partial charge is 0.418 e. The molecule has 0 fully saturated rings. The van der Waals surface area contributed by atoms with Gasteiger partial charge in [0.05, 0.1) is 11.3 Å². The minimum Gasteiger partial charge on any atom is -0.274 e. The van der Waals surface area contributed by atoms with Crippen molar-refractivity contribution >= 4 is 0 Å². The van der Waals surface area contributed by atoms with E-state index in [1.807, 2.05) is 0 Å². The first-order valence-corrected chi connectivity index (χ1v) is 5.41. The van der Waals surface area contributed by atoms with Crippen molar-refractivity contribution in [2.24, 2.45) is 0 Å². The number of para-hydroxylation sites is 1. The summed E-state index contributed by atoms with van der Waals surface area (Å²) in [6.07, 6.45) is -4.83. The number of aromatic nitrogens is 2. The van der Waals surface area contributed by atoms with Crippen LogP contribution in [0, 0.1) is 12.7 Å². The molecule has 2 aromatic rings. The van der Waals surface area contributed by atoms with Crippen molar-refractivity contribution in [3.63, 3.8) is 0 Å². The van der Waals surface area contributed by atoms with Gasteiger partial charge in [-0.05, 0) is 19.1 Å². The number of nitrogens with zero attached hydrogens (tertiary/aromatic N) is 1. The summed E-state index contributed by atoms with van der Waals surface area (Å²) in [5.41, 5.74) is -4.23. The fourth-order valence-corrected chi connectivity index (χ4v) is 1.86. The number of aromatic amines is 1. The Morgan fingerprint density at radius 1 is 1.20 bits per heavy atom. The minimum absolute atomic E-state index is 0.102. The smallest absolute Gasteiger partial charge is 0.274 e. The monoisotopic (exact) mass is 288 g/mol. The third kappa shape index (κ3) is 2.36. The van der Waals surface area contributed by atoms with Gasteiger partial charge >= 0.3 is 11.9 Å². The van der Waals surface area contributed by atoms with Crippen LogP contribution < -0.4 is 11.2 Å². The topological polar surface area (TPSA) is 54.9 Å². The average molecular weight is 288 g/mol. The quantitative estimate of drug-likeness (QED) is 0.816. The summed E-state index contributed by atoms with van der Waals surface area (Å²) in [4.78, 5) is 24.5. The molecule has 0 aliphatic carbocycles. The van der Waals surface area contributed by atoms with E-state index in [1.165, 1.54) is 6.92 Å². The molecule has 20 heavy (non-hydrogen) atoms. The molecule has 0 saturated heterocycles. The number of rotatable bonds is 1. The first-order chi connectivity index (χ1) is 9.21. The van der Waals surface area contributed by atoms with E-state index in [2.05, 4.69) is 0 Å². The van der Waals surface area contributed by atoms with Gasteiger partial charge in [0.15, 0.2) is 0 Å². The van der Waals surface area contributed by atoms with Crippen molar-refractivity contribution in [3.05, 3.63) is 62.2 Å². The van der Waals surface area contributed by atoms with Crippen LogP contribution in [-0.4, -0.2) is 9.55 Å².